The molecule has 0 radical (unpaired) electrons. The van der Waals surface area contributed by atoms with Gasteiger partial charge in [0.05, 0.1) is 19.1 Å². The molecule has 0 bridgehead atoms. The van der Waals surface area contributed by atoms with Crippen molar-refractivity contribution in [2.24, 2.45) is 5.92 Å². The molecular formula is C20H23NO4. The number of carbonyl (C=O) groups excluding carboxylic acids is 1. The van der Waals surface area contributed by atoms with Gasteiger partial charge in [-0.1, -0.05) is 44.2 Å². The highest BCUT2D eigenvalue weighted by Gasteiger charge is 2.18. The van der Waals surface area contributed by atoms with Crippen molar-refractivity contribution in [3.63, 3.8) is 0 Å². The van der Waals surface area contributed by atoms with Gasteiger partial charge in [0.1, 0.15) is 5.75 Å². The second-order valence-corrected chi connectivity index (χ2v) is 6.26. The highest BCUT2D eigenvalue weighted by atomic mass is 16.5. The van der Waals surface area contributed by atoms with E-state index in [1.807, 2.05) is 18.2 Å². The average Bonchev–Trinajstić information content (AvgIpc) is 2.60. The van der Waals surface area contributed by atoms with E-state index in [9.17, 15) is 9.59 Å². The fourth-order valence-corrected chi connectivity index (χ4v) is 2.32. The van der Waals surface area contributed by atoms with Gasteiger partial charge in [-0.15, -0.1) is 0 Å². The van der Waals surface area contributed by atoms with Crippen LogP contribution in [0.4, 0.5) is 0 Å². The molecule has 0 aromatic heterocycles. The number of hydrogen-bond donors (Lipinski definition) is 2. The zero-order valence-electron chi connectivity index (χ0n) is 14.4. The minimum atomic E-state index is -0.966. The Morgan fingerprint density at radius 1 is 1.04 bits per heavy atom. The van der Waals surface area contributed by atoms with Crippen molar-refractivity contribution in [2.75, 3.05) is 6.61 Å². The molecule has 0 aliphatic rings. The fourth-order valence-electron chi connectivity index (χ4n) is 2.32. The molecular weight excluding hydrogens is 318 g/mol. The van der Waals surface area contributed by atoms with E-state index >= 15 is 0 Å². The Balaban J connectivity index is 2.06. The second-order valence-electron chi connectivity index (χ2n) is 6.26. The van der Waals surface area contributed by atoms with Gasteiger partial charge in [0, 0.05) is 5.56 Å². The molecule has 132 valence electrons. The van der Waals surface area contributed by atoms with Crippen molar-refractivity contribution in [3.05, 3.63) is 65.7 Å². The standard InChI is InChI=1S/C20H23NO4/c1-14(2)13-25-17-10-8-16(9-11-17)20(24)21-18(12-19(22)23)15-6-4-3-5-7-15/h3-11,14,18H,12-13H2,1-2H3,(H,21,24)(H,22,23)/t18-/m1/s1. The van der Waals surface area contributed by atoms with Gasteiger partial charge in [-0.05, 0) is 35.7 Å². The lowest BCUT2D eigenvalue weighted by Gasteiger charge is -2.17. The van der Waals surface area contributed by atoms with E-state index in [1.165, 1.54) is 0 Å². The monoisotopic (exact) mass is 341 g/mol. The van der Waals surface area contributed by atoms with Gasteiger partial charge >= 0.3 is 5.97 Å². The molecule has 1 atom stereocenters. The van der Waals surface area contributed by atoms with E-state index in [0.29, 0.717) is 23.8 Å². The minimum absolute atomic E-state index is 0.175. The van der Waals surface area contributed by atoms with E-state index in [4.69, 9.17) is 9.84 Å². The van der Waals surface area contributed by atoms with E-state index in [1.54, 1.807) is 36.4 Å². The predicted molar refractivity (Wildman–Crippen MR) is 95.7 cm³/mol. The number of amides is 1. The van der Waals surface area contributed by atoms with Gasteiger partial charge in [-0.2, -0.15) is 0 Å². The van der Waals surface area contributed by atoms with Gasteiger partial charge in [0.15, 0.2) is 0 Å². The molecule has 0 saturated heterocycles. The van der Waals surface area contributed by atoms with E-state index in [-0.39, 0.29) is 12.3 Å². The van der Waals surface area contributed by atoms with E-state index in [2.05, 4.69) is 19.2 Å². The van der Waals surface area contributed by atoms with Crippen LogP contribution in [0.5, 0.6) is 5.75 Å². The third-order valence-corrected chi connectivity index (χ3v) is 3.59. The van der Waals surface area contributed by atoms with Crippen LogP contribution in [0, 0.1) is 5.92 Å². The highest BCUT2D eigenvalue weighted by Crippen LogP contribution is 2.18. The summed E-state index contributed by atoms with van der Waals surface area (Å²) in [5.74, 6) is -0.155. The van der Waals surface area contributed by atoms with Gasteiger partial charge in [0.2, 0.25) is 0 Å². The van der Waals surface area contributed by atoms with Crippen LogP contribution in [0.15, 0.2) is 54.6 Å². The molecule has 5 nitrogen and oxygen atoms in total. The van der Waals surface area contributed by atoms with Crippen molar-refractivity contribution >= 4 is 11.9 Å². The smallest absolute Gasteiger partial charge is 0.305 e. The molecule has 25 heavy (non-hydrogen) atoms. The van der Waals surface area contributed by atoms with Crippen molar-refractivity contribution in [2.45, 2.75) is 26.3 Å². The molecule has 0 aliphatic carbocycles. The summed E-state index contributed by atoms with van der Waals surface area (Å²) in [7, 11) is 0. The average molecular weight is 341 g/mol. The Morgan fingerprint density at radius 2 is 1.68 bits per heavy atom. The third kappa shape index (κ3) is 5.95. The lowest BCUT2D eigenvalue weighted by Crippen LogP contribution is -2.30. The zero-order valence-corrected chi connectivity index (χ0v) is 14.4. The summed E-state index contributed by atoms with van der Waals surface area (Å²) in [6.07, 6.45) is -0.175. The van der Waals surface area contributed by atoms with Gasteiger partial charge in [0.25, 0.3) is 5.91 Å². The summed E-state index contributed by atoms with van der Waals surface area (Å²) >= 11 is 0. The second kappa shape index (κ2) is 8.87. The van der Waals surface area contributed by atoms with Crippen LogP contribution in [-0.2, 0) is 4.79 Å². The fraction of sp³-hybridized carbons (Fsp3) is 0.300. The van der Waals surface area contributed by atoms with Crippen LogP contribution in [0.3, 0.4) is 0 Å². The summed E-state index contributed by atoms with van der Waals surface area (Å²) < 4.78 is 5.60. The molecule has 2 rings (SSSR count). The zero-order chi connectivity index (χ0) is 18.2. The number of hydrogen-bond acceptors (Lipinski definition) is 3. The number of aliphatic carboxylic acids is 1. The number of carboxylic acids is 1. The van der Waals surface area contributed by atoms with Gasteiger partial charge in [-0.3, -0.25) is 9.59 Å². The van der Waals surface area contributed by atoms with E-state index < -0.39 is 12.0 Å². The number of rotatable bonds is 8. The van der Waals surface area contributed by atoms with Crippen molar-refractivity contribution in [3.8, 4) is 5.75 Å². The van der Waals surface area contributed by atoms with Crippen LogP contribution in [0.1, 0.15) is 42.2 Å². The van der Waals surface area contributed by atoms with E-state index in [0.717, 1.165) is 5.56 Å². The summed E-state index contributed by atoms with van der Waals surface area (Å²) in [6.45, 7) is 4.74. The van der Waals surface area contributed by atoms with Crippen LogP contribution in [0.2, 0.25) is 0 Å². The van der Waals surface area contributed by atoms with Crippen LogP contribution in [0.25, 0.3) is 0 Å². The summed E-state index contributed by atoms with van der Waals surface area (Å²) in [4.78, 5) is 23.5. The first-order valence-corrected chi connectivity index (χ1v) is 8.26. The molecule has 1 amide bonds. The number of nitrogens with one attached hydrogen (secondary N) is 1. The van der Waals surface area contributed by atoms with Gasteiger partial charge in [-0.25, -0.2) is 0 Å². The Hall–Kier alpha value is -2.82. The lowest BCUT2D eigenvalue weighted by atomic mass is 10.0. The molecule has 2 aromatic carbocycles. The predicted octanol–water partition coefficient (Wildman–Crippen LogP) is 3.67. The topological polar surface area (TPSA) is 75.6 Å². The largest absolute Gasteiger partial charge is 0.493 e. The number of carboxylic acid groups (broad SMARTS) is 1. The Labute approximate surface area is 147 Å². The Kier molecular flexibility index (Phi) is 6.57. The molecule has 2 aromatic rings. The first-order chi connectivity index (χ1) is 12.0. The maximum atomic E-state index is 12.4. The van der Waals surface area contributed by atoms with Gasteiger partial charge < -0.3 is 15.2 Å². The maximum Gasteiger partial charge on any atom is 0.305 e. The Bertz CT molecular complexity index is 695. The van der Waals surface area contributed by atoms with Crippen molar-refractivity contribution in [1.82, 2.24) is 5.32 Å². The molecule has 5 heteroatoms. The number of carbonyl (C=O) groups is 2. The van der Waals surface area contributed by atoms with Crippen LogP contribution < -0.4 is 10.1 Å². The number of benzene rings is 2. The summed E-state index contributed by atoms with van der Waals surface area (Å²) in [5.41, 5.74) is 1.22. The quantitative estimate of drug-likeness (QED) is 0.768. The summed E-state index contributed by atoms with van der Waals surface area (Å²) in [6, 6.07) is 15.3. The van der Waals surface area contributed by atoms with Crippen molar-refractivity contribution < 1.29 is 19.4 Å². The normalized spacial score (nSPS) is 11.8. The molecule has 2 N–H and O–H groups in total. The first kappa shape index (κ1) is 18.5. The molecule has 0 fully saturated rings. The molecule has 0 spiro atoms. The van der Waals surface area contributed by atoms with Crippen molar-refractivity contribution in [1.29, 1.82) is 0 Å². The lowest BCUT2D eigenvalue weighted by molar-refractivity contribution is -0.137. The molecule has 0 heterocycles. The molecule has 0 saturated carbocycles. The van der Waals surface area contributed by atoms with Crippen LogP contribution in [-0.4, -0.2) is 23.6 Å². The highest BCUT2D eigenvalue weighted by molar-refractivity contribution is 5.94. The molecule has 0 unspecified atom stereocenters. The first-order valence-electron chi connectivity index (χ1n) is 8.26. The minimum Gasteiger partial charge on any atom is -0.493 e. The third-order valence-electron chi connectivity index (χ3n) is 3.59. The summed E-state index contributed by atoms with van der Waals surface area (Å²) in [5, 5.41) is 11.9. The number of ether oxygens (including phenoxy) is 1. The Morgan fingerprint density at radius 3 is 2.24 bits per heavy atom. The maximum absolute atomic E-state index is 12.4. The SMILES string of the molecule is CC(C)COc1ccc(C(=O)N[C@H](CC(=O)O)c2ccccc2)cc1. The van der Waals surface area contributed by atoms with Crippen LogP contribution >= 0.6 is 0 Å². The molecule has 0 aliphatic heterocycles.